The molecule has 0 bridgehead atoms. The Morgan fingerprint density at radius 1 is 1.12 bits per heavy atom. The van der Waals surface area contributed by atoms with Crippen molar-refractivity contribution in [3.63, 3.8) is 0 Å². The van der Waals surface area contributed by atoms with Crippen molar-refractivity contribution in [2.45, 2.75) is 44.6 Å². The van der Waals surface area contributed by atoms with Crippen LogP contribution in [0.1, 0.15) is 48.0 Å². The summed E-state index contributed by atoms with van der Waals surface area (Å²) in [5, 5.41) is 0. The standard InChI is InChI=1S/C23H35N3O5S/c1-5-9-18-16-19(17-21(30-3)22(18)31-4)23(27)25-12-14-26(15-13-25)32(28,29)24(2)20-10-7-6-8-11-20/h5,16-17,20H,1,6-15H2,2-4H3. The molecule has 178 valence electrons. The van der Waals surface area contributed by atoms with Crippen molar-refractivity contribution in [2.24, 2.45) is 0 Å². The number of carbonyl (C=O) groups excluding carboxylic acids is 1. The van der Waals surface area contributed by atoms with Gasteiger partial charge in [-0.15, -0.1) is 6.58 Å². The van der Waals surface area contributed by atoms with Crippen LogP contribution in [0.4, 0.5) is 0 Å². The highest BCUT2D eigenvalue weighted by Crippen LogP contribution is 2.34. The van der Waals surface area contributed by atoms with Crippen LogP contribution in [0, 0.1) is 0 Å². The number of benzene rings is 1. The largest absolute Gasteiger partial charge is 0.493 e. The molecule has 1 heterocycles. The molecule has 1 aliphatic heterocycles. The third-order valence-corrected chi connectivity index (χ3v) is 8.52. The lowest BCUT2D eigenvalue weighted by atomic mass is 9.96. The van der Waals surface area contributed by atoms with E-state index in [2.05, 4.69) is 6.58 Å². The first-order valence-corrected chi connectivity index (χ1v) is 12.6. The average Bonchev–Trinajstić information content (AvgIpc) is 2.83. The van der Waals surface area contributed by atoms with Crippen molar-refractivity contribution in [1.82, 2.24) is 13.5 Å². The van der Waals surface area contributed by atoms with Crippen LogP contribution in [0.5, 0.6) is 11.5 Å². The van der Waals surface area contributed by atoms with E-state index in [9.17, 15) is 13.2 Å². The third kappa shape index (κ3) is 5.10. The van der Waals surface area contributed by atoms with Crippen molar-refractivity contribution in [3.05, 3.63) is 35.9 Å². The number of rotatable bonds is 8. The van der Waals surface area contributed by atoms with Gasteiger partial charge >= 0.3 is 0 Å². The molecule has 0 unspecified atom stereocenters. The summed E-state index contributed by atoms with van der Waals surface area (Å²) in [6, 6.07) is 3.54. The monoisotopic (exact) mass is 465 g/mol. The van der Waals surface area contributed by atoms with Crippen LogP contribution in [0.15, 0.2) is 24.8 Å². The predicted molar refractivity (Wildman–Crippen MR) is 124 cm³/mol. The van der Waals surface area contributed by atoms with Crippen molar-refractivity contribution >= 4 is 16.1 Å². The minimum Gasteiger partial charge on any atom is -0.493 e. The summed E-state index contributed by atoms with van der Waals surface area (Å²) in [6.45, 7) is 5.05. The smallest absolute Gasteiger partial charge is 0.282 e. The van der Waals surface area contributed by atoms with E-state index in [1.165, 1.54) is 17.8 Å². The first-order chi connectivity index (χ1) is 15.3. The molecule has 9 heteroatoms. The van der Waals surface area contributed by atoms with Crippen molar-refractivity contribution in [2.75, 3.05) is 47.4 Å². The fraction of sp³-hybridized carbons (Fsp3) is 0.609. The normalized spacial score (nSPS) is 18.6. The van der Waals surface area contributed by atoms with E-state index in [0.29, 0.717) is 36.6 Å². The Labute approximate surface area is 191 Å². The van der Waals surface area contributed by atoms with Crippen LogP contribution in [0.3, 0.4) is 0 Å². The Balaban J connectivity index is 1.70. The Kier molecular flexibility index (Phi) is 8.19. The fourth-order valence-corrected chi connectivity index (χ4v) is 6.17. The lowest BCUT2D eigenvalue weighted by Crippen LogP contribution is -2.55. The van der Waals surface area contributed by atoms with E-state index < -0.39 is 10.2 Å². The number of amides is 1. The van der Waals surface area contributed by atoms with Gasteiger partial charge in [-0.3, -0.25) is 4.79 Å². The summed E-state index contributed by atoms with van der Waals surface area (Å²) >= 11 is 0. The third-order valence-electron chi connectivity index (χ3n) is 6.47. The van der Waals surface area contributed by atoms with Crippen LogP contribution in [-0.4, -0.2) is 81.3 Å². The van der Waals surface area contributed by atoms with Crippen LogP contribution in [-0.2, 0) is 16.6 Å². The summed E-state index contributed by atoms with van der Waals surface area (Å²) in [6.07, 6.45) is 7.45. The van der Waals surface area contributed by atoms with Gasteiger partial charge in [-0.05, 0) is 31.4 Å². The fourth-order valence-electron chi connectivity index (χ4n) is 4.59. The molecule has 1 aromatic rings. The van der Waals surface area contributed by atoms with Gasteiger partial charge in [-0.25, -0.2) is 0 Å². The number of allylic oxidation sites excluding steroid dienone is 1. The Morgan fingerprint density at radius 3 is 2.34 bits per heavy atom. The van der Waals surface area contributed by atoms with Gasteiger partial charge in [0.15, 0.2) is 11.5 Å². The maximum atomic E-state index is 13.2. The Morgan fingerprint density at radius 2 is 1.78 bits per heavy atom. The van der Waals surface area contributed by atoms with E-state index in [0.717, 1.165) is 31.2 Å². The maximum Gasteiger partial charge on any atom is 0.282 e. The van der Waals surface area contributed by atoms with Gasteiger partial charge in [0.25, 0.3) is 16.1 Å². The number of ether oxygens (including phenoxy) is 2. The number of methoxy groups -OCH3 is 2. The maximum absolute atomic E-state index is 13.2. The summed E-state index contributed by atoms with van der Waals surface area (Å²) < 4.78 is 40.1. The van der Waals surface area contributed by atoms with Gasteiger partial charge in [0.2, 0.25) is 0 Å². The molecule has 1 amide bonds. The molecule has 0 aromatic heterocycles. The number of hydrogen-bond donors (Lipinski definition) is 0. The van der Waals surface area contributed by atoms with Crippen molar-refractivity contribution in [3.8, 4) is 11.5 Å². The highest BCUT2D eigenvalue weighted by Gasteiger charge is 2.35. The molecule has 1 aliphatic carbocycles. The Bertz CT molecular complexity index is 920. The molecule has 8 nitrogen and oxygen atoms in total. The zero-order chi connectivity index (χ0) is 23.3. The highest BCUT2D eigenvalue weighted by atomic mass is 32.2. The van der Waals surface area contributed by atoms with E-state index in [1.54, 1.807) is 41.6 Å². The van der Waals surface area contributed by atoms with Crippen LogP contribution >= 0.6 is 0 Å². The second-order valence-electron chi connectivity index (χ2n) is 8.37. The van der Waals surface area contributed by atoms with Crippen molar-refractivity contribution in [1.29, 1.82) is 0 Å². The molecule has 1 saturated carbocycles. The molecule has 2 fully saturated rings. The highest BCUT2D eigenvalue weighted by molar-refractivity contribution is 7.86. The number of carbonyl (C=O) groups is 1. The van der Waals surface area contributed by atoms with Crippen LogP contribution in [0.25, 0.3) is 0 Å². The minimum absolute atomic E-state index is 0.0726. The molecule has 0 N–H and O–H groups in total. The molecular formula is C23H35N3O5S. The van der Waals surface area contributed by atoms with E-state index >= 15 is 0 Å². The minimum atomic E-state index is -3.53. The number of nitrogens with zero attached hydrogens (tertiary/aromatic N) is 3. The molecule has 32 heavy (non-hydrogen) atoms. The predicted octanol–water partition coefficient (Wildman–Crippen LogP) is 2.70. The van der Waals surface area contributed by atoms with Gasteiger partial charge < -0.3 is 14.4 Å². The lowest BCUT2D eigenvalue weighted by Gasteiger charge is -2.38. The molecular weight excluding hydrogens is 430 g/mol. The molecule has 3 rings (SSSR count). The molecule has 2 aliphatic rings. The Hall–Kier alpha value is -2.10. The topological polar surface area (TPSA) is 79.4 Å². The van der Waals surface area contributed by atoms with Gasteiger partial charge in [-0.2, -0.15) is 17.0 Å². The van der Waals surface area contributed by atoms with E-state index in [-0.39, 0.29) is 25.0 Å². The van der Waals surface area contributed by atoms with Gasteiger partial charge in [0.05, 0.1) is 14.2 Å². The second-order valence-corrected chi connectivity index (χ2v) is 10.4. The summed E-state index contributed by atoms with van der Waals surface area (Å²) in [7, 11) is 1.26. The van der Waals surface area contributed by atoms with Gasteiger partial charge in [0.1, 0.15) is 0 Å². The second kappa shape index (κ2) is 10.7. The van der Waals surface area contributed by atoms with Crippen molar-refractivity contribution < 1.29 is 22.7 Å². The van der Waals surface area contributed by atoms with E-state index in [1.807, 2.05) is 0 Å². The number of hydrogen-bond acceptors (Lipinski definition) is 5. The molecule has 1 saturated heterocycles. The van der Waals surface area contributed by atoms with Crippen LogP contribution < -0.4 is 9.47 Å². The lowest BCUT2D eigenvalue weighted by molar-refractivity contribution is 0.0692. The molecule has 1 aromatic carbocycles. The van der Waals surface area contributed by atoms with E-state index in [4.69, 9.17) is 9.47 Å². The average molecular weight is 466 g/mol. The molecule has 0 spiro atoms. The summed E-state index contributed by atoms with van der Waals surface area (Å²) in [5.74, 6) is 0.935. The summed E-state index contributed by atoms with van der Waals surface area (Å²) in [4.78, 5) is 14.9. The number of piperazine rings is 1. The van der Waals surface area contributed by atoms with Crippen LogP contribution in [0.2, 0.25) is 0 Å². The molecule has 0 atom stereocenters. The summed E-state index contributed by atoms with van der Waals surface area (Å²) in [5.41, 5.74) is 1.32. The first-order valence-electron chi connectivity index (χ1n) is 11.2. The van der Waals surface area contributed by atoms with Gasteiger partial charge in [0, 0.05) is 50.4 Å². The zero-order valence-corrected chi connectivity index (χ0v) is 20.2. The quantitative estimate of drug-likeness (QED) is 0.552. The van der Waals surface area contributed by atoms with Gasteiger partial charge in [-0.1, -0.05) is 25.3 Å². The zero-order valence-electron chi connectivity index (χ0n) is 19.4. The molecule has 0 radical (unpaired) electrons. The first kappa shape index (κ1) is 24.5. The SMILES string of the molecule is C=CCc1cc(C(=O)N2CCN(S(=O)(=O)N(C)C3CCCCC3)CC2)cc(OC)c1OC.